The maximum absolute atomic E-state index is 14.5. The SMILES string of the molecule is COc1ccc(S(=O)(=O)N(CC(=O)N(Cc2ccccc2C)C(Cc2ccccc2)C(=O)NCC(C)C)c2ccccc2)cc1. The van der Waals surface area contributed by atoms with Gasteiger partial charge < -0.3 is 15.0 Å². The molecule has 0 bridgehead atoms. The first-order valence-corrected chi connectivity index (χ1v) is 16.4. The topological polar surface area (TPSA) is 96.0 Å². The molecule has 1 unspecified atom stereocenters. The summed E-state index contributed by atoms with van der Waals surface area (Å²) in [6, 6.07) is 30.9. The molecule has 0 aliphatic heterocycles. The van der Waals surface area contributed by atoms with Crippen LogP contribution in [0.25, 0.3) is 0 Å². The number of aryl methyl sites for hydroxylation is 1. The first-order chi connectivity index (χ1) is 21.6. The second kappa shape index (κ2) is 15.4. The Morgan fingerprint density at radius 3 is 2.02 bits per heavy atom. The largest absolute Gasteiger partial charge is 0.497 e. The van der Waals surface area contributed by atoms with Crippen LogP contribution in [0, 0.1) is 12.8 Å². The van der Waals surface area contributed by atoms with Crippen LogP contribution in [0.4, 0.5) is 5.69 Å². The Morgan fingerprint density at radius 1 is 0.822 bits per heavy atom. The second-order valence-electron chi connectivity index (χ2n) is 11.3. The number of nitrogens with zero attached hydrogens (tertiary/aromatic N) is 2. The summed E-state index contributed by atoms with van der Waals surface area (Å²) in [6.45, 7) is 6.03. The van der Waals surface area contributed by atoms with E-state index in [1.807, 2.05) is 75.4 Å². The molecule has 236 valence electrons. The van der Waals surface area contributed by atoms with Crippen LogP contribution in [-0.4, -0.2) is 51.4 Å². The highest BCUT2D eigenvalue weighted by Gasteiger charge is 2.34. The minimum absolute atomic E-state index is 0.0147. The fourth-order valence-electron chi connectivity index (χ4n) is 4.95. The highest BCUT2D eigenvalue weighted by atomic mass is 32.2. The predicted octanol–water partition coefficient (Wildman–Crippen LogP) is 5.61. The third-order valence-corrected chi connectivity index (χ3v) is 9.32. The van der Waals surface area contributed by atoms with Gasteiger partial charge >= 0.3 is 0 Å². The first kappa shape index (κ1) is 33.3. The van der Waals surface area contributed by atoms with Crippen molar-refractivity contribution in [1.82, 2.24) is 10.2 Å². The monoisotopic (exact) mass is 627 g/mol. The molecule has 0 radical (unpaired) electrons. The van der Waals surface area contributed by atoms with E-state index in [1.54, 1.807) is 42.5 Å². The second-order valence-corrected chi connectivity index (χ2v) is 13.2. The van der Waals surface area contributed by atoms with Gasteiger partial charge in [0.1, 0.15) is 18.3 Å². The number of nitrogens with one attached hydrogen (secondary N) is 1. The zero-order chi connectivity index (χ0) is 32.4. The lowest BCUT2D eigenvalue weighted by Crippen LogP contribution is -2.53. The van der Waals surface area contributed by atoms with Crippen LogP contribution in [0.2, 0.25) is 0 Å². The number of para-hydroxylation sites is 1. The molecular formula is C36H41N3O5S. The molecule has 9 heteroatoms. The fourth-order valence-corrected chi connectivity index (χ4v) is 6.36. The number of hydrogen-bond donors (Lipinski definition) is 1. The number of sulfonamides is 1. The van der Waals surface area contributed by atoms with Crippen LogP contribution >= 0.6 is 0 Å². The van der Waals surface area contributed by atoms with Crippen LogP contribution in [0.3, 0.4) is 0 Å². The standard InChI is InChI=1S/C36H41N3O5S/c1-27(2)24-37-36(41)34(23-29-14-7-5-8-15-29)38(25-30-16-12-11-13-28(30)3)35(40)26-39(31-17-9-6-10-18-31)45(42,43)33-21-19-32(44-4)20-22-33/h5-22,27,34H,23-26H2,1-4H3,(H,37,41). The van der Waals surface area contributed by atoms with Gasteiger partial charge in [0, 0.05) is 19.5 Å². The van der Waals surface area contributed by atoms with E-state index in [9.17, 15) is 18.0 Å². The number of amides is 2. The van der Waals surface area contributed by atoms with E-state index in [-0.39, 0.29) is 29.7 Å². The van der Waals surface area contributed by atoms with Crippen molar-refractivity contribution < 1.29 is 22.7 Å². The quantitative estimate of drug-likeness (QED) is 0.196. The van der Waals surface area contributed by atoms with E-state index in [4.69, 9.17) is 4.74 Å². The number of hydrogen-bond acceptors (Lipinski definition) is 5. The van der Waals surface area contributed by atoms with Gasteiger partial charge in [0.05, 0.1) is 17.7 Å². The van der Waals surface area contributed by atoms with Gasteiger partial charge in [0.25, 0.3) is 10.0 Å². The molecule has 2 amide bonds. The minimum Gasteiger partial charge on any atom is -0.497 e. The van der Waals surface area contributed by atoms with Crippen molar-refractivity contribution in [3.05, 3.63) is 126 Å². The highest BCUT2D eigenvalue weighted by molar-refractivity contribution is 7.92. The van der Waals surface area contributed by atoms with Crippen LogP contribution in [0.1, 0.15) is 30.5 Å². The lowest BCUT2D eigenvalue weighted by Gasteiger charge is -2.34. The number of ether oxygens (including phenoxy) is 1. The van der Waals surface area contributed by atoms with Crippen molar-refractivity contribution in [2.45, 2.75) is 44.7 Å². The summed E-state index contributed by atoms with van der Waals surface area (Å²) >= 11 is 0. The van der Waals surface area contributed by atoms with Crippen molar-refractivity contribution in [2.24, 2.45) is 5.92 Å². The number of rotatable bonds is 14. The smallest absolute Gasteiger partial charge is 0.264 e. The van der Waals surface area contributed by atoms with E-state index >= 15 is 0 Å². The molecular weight excluding hydrogens is 586 g/mol. The van der Waals surface area contributed by atoms with Crippen molar-refractivity contribution in [3.8, 4) is 5.75 Å². The Hall–Kier alpha value is -4.63. The summed E-state index contributed by atoms with van der Waals surface area (Å²) in [4.78, 5) is 29.9. The Labute approximate surface area is 266 Å². The van der Waals surface area contributed by atoms with Crippen molar-refractivity contribution in [3.63, 3.8) is 0 Å². The molecule has 1 atom stereocenters. The van der Waals surface area contributed by atoms with E-state index < -0.39 is 28.5 Å². The summed E-state index contributed by atoms with van der Waals surface area (Å²) in [7, 11) is -2.68. The number of carbonyl (C=O) groups is 2. The molecule has 8 nitrogen and oxygen atoms in total. The summed E-state index contributed by atoms with van der Waals surface area (Å²) in [5.41, 5.74) is 3.05. The van der Waals surface area contributed by atoms with Crippen LogP contribution in [0.5, 0.6) is 5.75 Å². The molecule has 4 rings (SSSR count). The molecule has 1 N–H and O–H groups in total. The van der Waals surface area contributed by atoms with Crippen LogP contribution < -0.4 is 14.4 Å². The van der Waals surface area contributed by atoms with Crippen molar-refractivity contribution in [1.29, 1.82) is 0 Å². The summed E-state index contributed by atoms with van der Waals surface area (Å²) in [5, 5.41) is 3.01. The number of anilines is 1. The van der Waals surface area contributed by atoms with Gasteiger partial charge in [0.15, 0.2) is 0 Å². The molecule has 0 aromatic heterocycles. The van der Waals surface area contributed by atoms with Crippen LogP contribution in [-0.2, 0) is 32.6 Å². The molecule has 4 aromatic rings. The molecule has 45 heavy (non-hydrogen) atoms. The van der Waals surface area contributed by atoms with E-state index in [1.165, 1.54) is 24.1 Å². The fraction of sp³-hybridized carbons (Fsp3) is 0.278. The maximum atomic E-state index is 14.5. The van der Waals surface area contributed by atoms with Gasteiger partial charge in [-0.3, -0.25) is 13.9 Å². The molecule has 0 saturated heterocycles. The maximum Gasteiger partial charge on any atom is 0.264 e. The summed E-state index contributed by atoms with van der Waals surface area (Å²) in [6.07, 6.45) is 0.263. The molecule has 0 spiro atoms. The molecule has 0 aliphatic rings. The third kappa shape index (κ3) is 8.73. The van der Waals surface area contributed by atoms with Crippen LogP contribution in [0.15, 0.2) is 114 Å². The van der Waals surface area contributed by atoms with Gasteiger partial charge in [-0.15, -0.1) is 0 Å². The Morgan fingerprint density at radius 2 is 1.42 bits per heavy atom. The zero-order valence-electron chi connectivity index (χ0n) is 26.2. The lowest BCUT2D eigenvalue weighted by molar-refractivity contribution is -0.140. The predicted molar refractivity (Wildman–Crippen MR) is 177 cm³/mol. The third-order valence-electron chi connectivity index (χ3n) is 7.53. The molecule has 0 saturated carbocycles. The number of methoxy groups -OCH3 is 1. The first-order valence-electron chi connectivity index (χ1n) is 15.0. The van der Waals surface area contributed by atoms with Gasteiger partial charge in [-0.25, -0.2) is 8.42 Å². The average molecular weight is 628 g/mol. The van der Waals surface area contributed by atoms with Crippen molar-refractivity contribution >= 4 is 27.5 Å². The average Bonchev–Trinajstić information content (AvgIpc) is 3.05. The van der Waals surface area contributed by atoms with Crippen molar-refractivity contribution in [2.75, 3.05) is 24.5 Å². The Bertz CT molecular complexity index is 1660. The number of carbonyl (C=O) groups excluding carboxylic acids is 2. The molecule has 0 aliphatic carbocycles. The van der Waals surface area contributed by atoms with Gasteiger partial charge in [-0.2, -0.15) is 0 Å². The Kier molecular flexibility index (Phi) is 11.4. The van der Waals surface area contributed by atoms with E-state index in [0.717, 1.165) is 21.0 Å². The van der Waals surface area contributed by atoms with E-state index in [0.29, 0.717) is 18.0 Å². The summed E-state index contributed by atoms with van der Waals surface area (Å²) in [5.74, 6) is -0.0782. The highest BCUT2D eigenvalue weighted by Crippen LogP contribution is 2.26. The lowest BCUT2D eigenvalue weighted by atomic mass is 10.0. The molecule has 0 fully saturated rings. The Balaban J connectivity index is 1.78. The minimum atomic E-state index is -4.19. The van der Waals surface area contributed by atoms with E-state index in [2.05, 4.69) is 5.32 Å². The normalized spacial score (nSPS) is 11.9. The zero-order valence-corrected chi connectivity index (χ0v) is 27.0. The van der Waals surface area contributed by atoms with Gasteiger partial charge in [-0.05, 0) is 65.9 Å². The summed E-state index contributed by atoms with van der Waals surface area (Å²) < 4.78 is 34.5. The number of benzene rings is 4. The van der Waals surface area contributed by atoms with Gasteiger partial charge in [0.2, 0.25) is 11.8 Å². The molecule has 4 aromatic carbocycles. The van der Waals surface area contributed by atoms with Gasteiger partial charge in [-0.1, -0.05) is 86.6 Å². The molecule has 0 heterocycles.